The maximum absolute atomic E-state index is 13.0. The molecule has 152 valence electrons. The summed E-state index contributed by atoms with van der Waals surface area (Å²) in [6.45, 7) is 6.59. The molecule has 4 rings (SSSR count). The van der Waals surface area contributed by atoms with E-state index in [0.717, 1.165) is 52.4 Å². The van der Waals surface area contributed by atoms with E-state index in [9.17, 15) is 24.6 Å². The van der Waals surface area contributed by atoms with Gasteiger partial charge in [0.15, 0.2) is 11.4 Å². The molecule has 0 bridgehead atoms. The molecule has 0 aromatic carbocycles. The molecule has 1 aromatic heterocycles. The van der Waals surface area contributed by atoms with Gasteiger partial charge in [0, 0.05) is 45.5 Å². The van der Waals surface area contributed by atoms with Gasteiger partial charge in [0.1, 0.15) is 11.7 Å². The number of ether oxygens (including phenoxy) is 1. The summed E-state index contributed by atoms with van der Waals surface area (Å²) >= 11 is 0. The number of morpholine rings is 1. The van der Waals surface area contributed by atoms with Crippen molar-refractivity contribution in [2.45, 2.75) is 19.1 Å². The van der Waals surface area contributed by atoms with Crippen LogP contribution in [0.2, 0.25) is 0 Å². The van der Waals surface area contributed by atoms with Crippen LogP contribution in [0.4, 0.5) is 0 Å². The highest BCUT2D eigenvalue weighted by Gasteiger charge is 2.40. The highest BCUT2D eigenvalue weighted by Crippen LogP contribution is 2.27. The Kier molecular flexibility index (Phi) is 5.09. The summed E-state index contributed by atoms with van der Waals surface area (Å²) in [6, 6.07) is 0. The lowest BCUT2D eigenvalue weighted by Crippen LogP contribution is -2.61. The number of aromatic carboxylic acids is 1. The Morgan fingerprint density at radius 2 is 1.89 bits per heavy atom. The minimum absolute atomic E-state index is 0.124. The Labute approximate surface area is 161 Å². The molecule has 0 spiro atoms. The van der Waals surface area contributed by atoms with Crippen LogP contribution in [-0.2, 0) is 11.3 Å². The van der Waals surface area contributed by atoms with Gasteiger partial charge in [-0.15, -0.1) is 0 Å². The Morgan fingerprint density at radius 1 is 1.14 bits per heavy atom. The van der Waals surface area contributed by atoms with Crippen LogP contribution in [0.1, 0.15) is 27.3 Å². The molecule has 0 saturated carbocycles. The van der Waals surface area contributed by atoms with Crippen LogP contribution in [0.25, 0.3) is 0 Å². The van der Waals surface area contributed by atoms with Crippen molar-refractivity contribution in [3.8, 4) is 5.75 Å². The summed E-state index contributed by atoms with van der Waals surface area (Å²) < 4.78 is 6.79. The van der Waals surface area contributed by atoms with E-state index in [-0.39, 0.29) is 11.9 Å². The Morgan fingerprint density at radius 3 is 2.61 bits per heavy atom. The predicted molar refractivity (Wildman–Crippen MR) is 97.6 cm³/mol. The zero-order chi connectivity index (χ0) is 19.8. The molecule has 28 heavy (non-hydrogen) atoms. The van der Waals surface area contributed by atoms with Crippen molar-refractivity contribution in [1.29, 1.82) is 0 Å². The molecule has 1 aromatic rings. The fourth-order valence-corrected chi connectivity index (χ4v) is 4.23. The molecule has 3 aliphatic rings. The lowest BCUT2D eigenvalue weighted by molar-refractivity contribution is -0.0199. The molecule has 1 atom stereocenters. The van der Waals surface area contributed by atoms with Gasteiger partial charge in [0.25, 0.3) is 5.91 Å². The SMILES string of the molecule is O=C(O)c1cn2c(c(O)c1=O)C(=O)N1CCCN(CCN3CCOCC3)C1C2. The van der Waals surface area contributed by atoms with Gasteiger partial charge in [0.05, 0.1) is 19.8 Å². The summed E-state index contributed by atoms with van der Waals surface area (Å²) in [4.78, 5) is 42.6. The third kappa shape index (κ3) is 3.27. The summed E-state index contributed by atoms with van der Waals surface area (Å²) in [5.41, 5.74) is -1.67. The number of carboxylic acid groups (broad SMARTS) is 1. The predicted octanol–water partition coefficient (Wildman–Crippen LogP) is -0.928. The number of aromatic hydroxyl groups is 1. The first-order chi connectivity index (χ1) is 13.5. The topological polar surface area (TPSA) is 116 Å². The number of carbonyl (C=O) groups is 2. The fraction of sp³-hybridized carbons (Fsp3) is 0.611. The average molecular weight is 392 g/mol. The Balaban J connectivity index is 1.59. The van der Waals surface area contributed by atoms with E-state index < -0.39 is 28.6 Å². The number of hydrogen-bond donors (Lipinski definition) is 2. The van der Waals surface area contributed by atoms with Crippen molar-refractivity contribution in [3.05, 3.63) is 27.7 Å². The molecular weight excluding hydrogens is 368 g/mol. The van der Waals surface area contributed by atoms with Crippen LogP contribution in [0.15, 0.2) is 11.0 Å². The highest BCUT2D eigenvalue weighted by atomic mass is 16.5. The number of fused-ring (bicyclic) bond motifs is 2. The molecule has 10 nitrogen and oxygen atoms in total. The highest BCUT2D eigenvalue weighted by molar-refractivity contribution is 5.97. The number of amides is 1. The lowest BCUT2D eigenvalue weighted by Gasteiger charge is -2.47. The second-order valence-electron chi connectivity index (χ2n) is 7.35. The van der Waals surface area contributed by atoms with Crippen LogP contribution in [-0.4, -0.2) is 100 Å². The van der Waals surface area contributed by atoms with Crippen LogP contribution in [0.3, 0.4) is 0 Å². The van der Waals surface area contributed by atoms with Crippen LogP contribution in [0, 0.1) is 0 Å². The van der Waals surface area contributed by atoms with Crippen LogP contribution >= 0.6 is 0 Å². The van der Waals surface area contributed by atoms with Crippen molar-refractivity contribution in [1.82, 2.24) is 19.3 Å². The molecule has 3 aliphatic heterocycles. The molecule has 1 unspecified atom stereocenters. The van der Waals surface area contributed by atoms with E-state index in [1.54, 1.807) is 4.90 Å². The summed E-state index contributed by atoms with van der Waals surface area (Å²) in [6.07, 6.45) is 1.76. The third-order valence-corrected chi connectivity index (χ3v) is 5.74. The molecule has 2 fully saturated rings. The Hall–Kier alpha value is -2.43. The van der Waals surface area contributed by atoms with Crippen molar-refractivity contribution in [2.24, 2.45) is 0 Å². The molecule has 0 aliphatic carbocycles. The normalized spacial score (nSPS) is 23.4. The first-order valence-corrected chi connectivity index (χ1v) is 9.52. The largest absolute Gasteiger partial charge is 0.503 e. The maximum atomic E-state index is 13.0. The molecule has 2 saturated heterocycles. The molecule has 0 radical (unpaired) electrons. The standard InChI is InChI=1S/C18H24N4O6/c23-15-12(18(26)27)10-21-11-13-20(5-4-19-6-8-28-9-7-19)2-1-3-22(13)17(25)14(21)16(15)24/h10,13,24H,1-9,11H2,(H,26,27). The third-order valence-electron chi connectivity index (χ3n) is 5.74. The summed E-state index contributed by atoms with van der Waals surface area (Å²) in [7, 11) is 0. The van der Waals surface area contributed by atoms with Crippen molar-refractivity contribution < 1.29 is 24.5 Å². The molecule has 10 heteroatoms. The van der Waals surface area contributed by atoms with E-state index >= 15 is 0 Å². The van der Waals surface area contributed by atoms with Crippen LogP contribution < -0.4 is 5.43 Å². The Bertz CT molecular complexity index is 847. The van der Waals surface area contributed by atoms with Gasteiger partial charge in [-0.3, -0.25) is 19.4 Å². The minimum atomic E-state index is -1.42. The number of aromatic nitrogens is 1. The van der Waals surface area contributed by atoms with Crippen molar-refractivity contribution in [2.75, 3.05) is 52.5 Å². The van der Waals surface area contributed by atoms with Gasteiger partial charge in [-0.1, -0.05) is 0 Å². The first-order valence-electron chi connectivity index (χ1n) is 9.52. The number of nitrogens with zero attached hydrogens (tertiary/aromatic N) is 4. The van der Waals surface area contributed by atoms with Gasteiger partial charge in [-0.2, -0.15) is 0 Å². The minimum Gasteiger partial charge on any atom is -0.503 e. The molecule has 2 N–H and O–H groups in total. The van der Waals surface area contributed by atoms with Gasteiger partial charge >= 0.3 is 5.97 Å². The van der Waals surface area contributed by atoms with Gasteiger partial charge in [0.2, 0.25) is 5.43 Å². The van der Waals surface area contributed by atoms with Crippen LogP contribution in [0.5, 0.6) is 5.75 Å². The second kappa shape index (κ2) is 7.53. The van der Waals surface area contributed by atoms with Gasteiger partial charge in [-0.25, -0.2) is 4.79 Å². The van der Waals surface area contributed by atoms with E-state index in [4.69, 9.17) is 4.74 Å². The van der Waals surface area contributed by atoms with Crippen molar-refractivity contribution in [3.63, 3.8) is 0 Å². The zero-order valence-electron chi connectivity index (χ0n) is 15.5. The first kappa shape index (κ1) is 18.9. The lowest BCUT2D eigenvalue weighted by atomic mass is 10.1. The van der Waals surface area contributed by atoms with E-state index in [1.165, 1.54) is 10.8 Å². The van der Waals surface area contributed by atoms with Crippen molar-refractivity contribution >= 4 is 11.9 Å². The van der Waals surface area contributed by atoms with E-state index in [0.29, 0.717) is 13.1 Å². The van der Waals surface area contributed by atoms with E-state index in [1.807, 2.05) is 0 Å². The quantitative estimate of drug-likeness (QED) is 0.676. The summed E-state index contributed by atoms with van der Waals surface area (Å²) in [5.74, 6) is -2.63. The number of rotatable bonds is 4. The fourth-order valence-electron chi connectivity index (χ4n) is 4.23. The number of carboxylic acids is 1. The smallest absolute Gasteiger partial charge is 0.341 e. The maximum Gasteiger partial charge on any atom is 0.341 e. The average Bonchev–Trinajstić information content (AvgIpc) is 2.69. The van der Waals surface area contributed by atoms with E-state index in [2.05, 4.69) is 9.80 Å². The number of hydrogen-bond acceptors (Lipinski definition) is 7. The number of carbonyl (C=O) groups excluding carboxylic acids is 1. The van der Waals surface area contributed by atoms with Gasteiger partial charge in [-0.05, 0) is 6.42 Å². The molecule has 4 heterocycles. The summed E-state index contributed by atoms with van der Waals surface area (Å²) in [5, 5.41) is 19.4. The monoisotopic (exact) mass is 392 g/mol. The van der Waals surface area contributed by atoms with Gasteiger partial charge < -0.3 is 24.4 Å². The number of pyridine rings is 1. The molecular formula is C18H24N4O6. The zero-order valence-corrected chi connectivity index (χ0v) is 15.5. The molecule has 1 amide bonds. The second-order valence-corrected chi connectivity index (χ2v) is 7.35.